The normalized spacial score (nSPS) is 12.1. The van der Waals surface area contributed by atoms with Crippen molar-refractivity contribution < 1.29 is 4.79 Å². The molecule has 76 valence electrons. The van der Waals surface area contributed by atoms with Crippen molar-refractivity contribution in [3.63, 3.8) is 0 Å². The van der Waals surface area contributed by atoms with Crippen molar-refractivity contribution in [2.24, 2.45) is 0 Å². The van der Waals surface area contributed by atoms with Gasteiger partial charge in [0.05, 0.1) is 5.01 Å². The lowest BCUT2D eigenvalue weighted by atomic mass is 10.2. The van der Waals surface area contributed by atoms with Crippen LogP contribution in [-0.2, 0) is 4.79 Å². The second kappa shape index (κ2) is 4.91. The van der Waals surface area contributed by atoms with Gasteiger partial charge in [-0.3, -0.25) is 4.79 Å². The van der Waals surface area contributed by atoms with Gasteiger partial charge in [-0.25, -0.2) is 4.98 Å². The fraction of sp³-hybridized carbons (Fsp3) is 0.400. The van der Waals surface area contributed by atoms with Crippen molar-refractivity contribution in [2.75, 3.05) is 13.6 Å². The summed E-state index contributed by atoms with van der Waals surface area (Å²) < 4.78 is 0. The minimum Gasteiger partial charge on any atom is -0.342 e. The second-order valence-electron chi connectivity index (χ2n) is 3.19. The third kappa shape index (κ3) is 2.67. The van der Waals surface area contributed by atoms with Crippen LogP contribution < -0.4 is 0 Å². The van der Waals surface area contributed by atoms with Gasteiger partial charge in [0.2, 0.25) is 5.91 Å². The number of carbonyl (C=O) groups excluding carboxylic acids is 1. The fourth-order valence-electron chi connectivity index (χ4n) is 1.21. The number of hydrogen-bond donors (Lipinski definition) is 0. The van der Waals surface area contributed by atoms with Gasteiger partial charge in [-0.05, 0) is 6.08 Å². The van der Waals surface area contributed by atoms with Gasteiger partial charge in [0.25, 0.3) is 0 Å². The Morgan fingerprint density at radius 1 is 1.86 bits per heavy atom. The molecule has 14 heavy (non-hydrogen) atoms. The van der Waals surface area contributed by atoms with Gasteiger partial charge in [0.15, 0.2) is 0 Å². The standard InChI is InChI=1S/C10H14N2OS/c1-4-9(13)12(3)7-8(2)10-11-5-6-14-10/h4-6,8H,1,7H2,2-3H3. The molecule has 0 aromatic carbocycles. The average Bonchev–Trinajstić information content (AvgIpc) is 2.69. The molecule has 0 spiro atoms. The van der Waals surface area contributed by atoms with E-state index in [1.165, 1.54) is 6.08 Å². The number of likely N-dealkylation sites (N-methyl/N-ethyl adjacent to an activating group) is 1. The molecule has 4 heteroatoms. The monoisotopic (exact) mass is 210 g/mol. The minimum atomic E-state index is -0.0478. The summed E-state index contributed by atoms with van der Waals surface area (Å²) in [4.78, 5) is 17.1. The van der Waals surface area contributed by atoms with E-state index >= 15 is 0 Å². The highest BCUT2D eigenvalue weighted by molar-refractivity contribution is 7.09. The second-order valence-corrected chi connectivity index (χ2v) is 4.12. The molecule has 0 saturated carbocycles. The van der Waals surface area contributed by atoms with Gasteiger partial charge in [-0.15, -0.1) is 11.3 Å². The predicted octanol–water partition coefficient (Wildman–Crippen LogP) is 1.89. The third-order valence-corrected chi connectivity index (χ3v) is 2.98. The fourth-order valence-corrected chi connectivity index (χ4v) is 1.90. The van der Waals surface area contributed by atoms with E-state index in [9.17, 15) is 4.79 Å². The molecule has 1 aromatic rings. The van der Waals surface area contributed by atoms with Crippen molar-refractivity contribution in [3.8, 4) is 0 Å². The third-order valence-electron chi connectivity index (χ3n) is 1.97. The molecule has 0 fully saturated rings. The van der Waals surface area contributed by atoms with Crippen molar-refractivity contribution in [1.82, 2.24) is 9.88 Å². The Morgan fingerprint density at radius 3 is 3.07 bits per heavy atom. The van der Waals surface area contributed by atoms with Crippen LogP contribution >= 0.6 is 11.3 Å². The Morgan fingerprint density at radius 2 is 2.57 bits per heavy atom. The Kier molecular flexibility index (Phi) is 3.83. The highest BCUT2D eigenvalue weighted by atomic mass is 32.1. The molecule has 1 atom stereocenters. The molecule has 0 bridgehead atoms. The van der Waals surface area contributed by atoms with E-state index in [-0.39, 0.29) is 11.8 Å². The van der Waals surface area contributed by atoms with Crippen LogP contribution in [0.1, 0.15) is 17.8 Å². The van der Waals surface area contributed by atoms with E-state index < -0.39 is 0 Å². The highest BCUT2D eigenvalue weighted by Crippen LogP contribution is 2.18. The largest absolute Gasteiger partial charge is 0.342 e. The molecule has 0 radical (unpaired) electrons. The smallest absolute Gasteiger partial charge is 0.245 e. The first-order valence-electron chi connectivity index (χ1n) is 4.42. The van der Waals surface area contributed by atoms with Crippen LogP contribution in [0.2, 0.25) is 0 Å². The van der Waals surface area contributed by atoms with Crippen molar-refractivity contribution >= 4 is 17.2 Å². The first-order valence-corrected chi connectivity index (χ1v) is 5.30. The molecular formula is C10H14N2OS. The summed E-state index contributed by atoms with van der Waals surface area (Å²) in [6.45, 7) is 6.19. The molecule has 1 rings (SSSR count). The van der Waals surface area contributed by atoms with E-state index in [1.807, 2.05) is 5.38 Å². The van der Waals surface area contributed by atoms with Crippen molar-refractivity contribution in [3.05, 3.63) is 29.2 Å². The molecule has 0 aliphatic heterocycles. The molecule has 0 N–H and O–H groups in total. The lowest BCUT2D eigenvalue weighted by Gasteiger charge is -2.18. The summed E-state index contributed by atoms with van der Waals surface area (Å²) in [5.74, 6) is 0.234. The van der Waals surface area contributed by atoms with Gasteiger partial charge < -0.3 is 4.90 Å². The van der Waals surface area contributed by atoms with Gasteiger partial charge in [0, 0.05) is 31.1 Å². The van der Waals surface area contributed by atoms with Crippen LogP contribution in [-0.4, -0.2) is 29.4 Å². The van der Waals surface area contributed by atoms with Crippen LogP contribution in [0, 0.1) is 0 Å². The molecule has 0 aliphatic carbocycles. The quantitative estimate of drug-likeness (QED) is 0.711. The number of hydrogen-bond acceptors (Lipinski definition) is 3. The molecular weight excluding hydrogens is 196 g/mol. The number of thiazole rings is 1. The Balaban J connectivity index is 2.53. The molecule has 1 unspecified atom stereocenters. The summed E-state index contributed by atoms with van der Waals surface area (Å²) in [5, 5.41) is 3.01. The number of nitrogens with zero attached hydrogens (tertiary/aromatic N) is 2. The average molecular weight is 210 g/mol. The molecule has 1 heterocycles. The number of rotatable bonds is 4. The van der Waals surface area contributed by atoms with Crippen molar-refractivity contribution in [2.45, 2.75) is 12.8 Å². The van der Waals surface area contributed by atoms with Crippen LogP contribution in [0.3, 0.4) is 0 Å². The summed E-state index contributed by atoms with van der Waals surface area (Å²) in [6, 6.07) is 0. The Hall–Kier alpha value is -1.16. The summed E-state index contributed by atoms with van der Waals surface area (Å²) in [6.07, 6.45) is 3.11. The molecule has 1 aromatic heterocycles. The molecule has 0 aliphatic rings. The van der Waals surface area contributed by atoms with Crippen molar-refractivity contribution in [1.29, 1.82) is 0 Å². The number of amides is 1. The lowest BCUT2D eigenvalue weighted by Crippen LogP contribution is -2.28. The van der Waals surface area contributed by atoms with Gasteiger partial charge in [-0.2, -0.15) is 0 Å². The maximum Gasteiger partial charge on any atom is 0.245 e. The first kappa shape index (κ1) is 10.9. The van der Waals surface area contributed by atoms with Gasteiger partial charge in [0.1, 0.15) is 0 Å². The first-order chi connectivity index (χ1) is 6.65. The van der Waals surface area contributed by atoms with Gasteiger partial charge >= 0.3 is 0 Å². The summed E-state index contributed by atoms with van der Waals surface area (Å²) >= 11 is 1.62. The van der Waals surface area contributed by atoms with Crippen LogP contribution in [0.25, 0.3) is 0 Å². The maximum atomic E-state index is 11.2. The topological polar surface area (TPSA) is 33.2 Å². The van der Waals surface area contributed by atoms with E-state index in [0.29, 0.717) is 6.54 Å². The number of aromatic nitrogens is 1. The van der Waals surface area contributed by atoms with Crippen LogP contribution in [0.4, 0.5) is 0 Å². The lowest BCUT2D eigenvalue weighted by molar-refractivity contribution is -0.124. The summed E-state index contributed by atoms with van der Waals surface area (Å²) in [5.41, 5.74) is 0. The van der Waals surface area contributed by atoms with Crippen LogP contribution in [0.15, 0.2) is 24.2 Å². The molecule has 1 amide bonds. The summed E-state index contributed by atoms with van der Waals surface area (Å²) in [7, 11) is 1.77. The number of carbonyl (C=O) groups is 1. The molecule has 0 saturated heterocycles. The van der Waals surface area contributed by atoms with E-state index in [4.69, 9.17) is 0 Å². The van der Waals surface area contributed by atoms with E-state index in [0.717, 1.165) is 5.01 Å². The Bertz CT molecular complexity index is 308. The SMILES string of the molecule is C=CC(=O)N(C)CC(C)c1nccs1. The van der Waals surface area contributed by atoms with E-state index in [2.05, 4.69) is 18.5 Å². The zero-order chi connectivity index (χ0) is 10.6. The Labute approximate surface area is 88.1 Å². The molecule has 3 nitrogen and oxygen atoms in total. The zero-order valence-corrected chi connectivity index (χ0v) is 9.25. The van der Waals surface area contributed by atoms with Gasteiger partial charge in [-0.1, -0.05) is 13.5 Å². The minimum absolute atomic E-state index is 0.0478. The highest BCUT2D eigenvalue weighted by Gasteiger charge is 2.13. The van der Waals surface area contributed by atoms with Crippen LogP contribution in [0.5, 0.6) is 0 Å². The van der Waals surface area contributed by atoms with E-state index in [1.54, 1.807) is 29.5 Å². The zero-order valence-electron chi connectivity index (χ0n) is 8.43. The predicted molar refractivity (Wildman–Crippen MR) is 58.4 cm³/mol. The maximum absolute atomic E-state index is 11.2.